The van der Waals surface area contributed by atoms with Gasteiger partial charge in [0.25, 0.3) is 0 Å². The number of nitrogens with zero attached hydrogens (tertiary/aromatic N) is 1. The SMILES string of the molecule is OP(c1ccccc1)C1(CSc2nc3ccccc3s2)CC1. The van der Waals surface area contributed by atoms with Crippen molar-refractivity contribution in [1.29, 1.82) is 0 Å². The Morgan fingerprint density at radius 2 is 1.82 bits per heavy atom. The molecule has 1 heterocycles. The molecule has 1 saturated carbocycles. The standard InChI is InChI=1S/C17H16NOPS2/c19-20(13-6-2-1-3-7-13)17(10-11-17)12-21-16-18-14-8-4-5-9-15(14)22-16/h1-9,19H,10-12H2. The van der Waals surface area contributed by atoms with Crippen LogP contribution in [0.15, 0.2) is 58.9 Å². The lowest BCUT2D eigenvalue weighted by Gasteiger charge is -2.21. The van der Waals surface area contributed by atoms with Gasteiger partial charge in [-0.05, 0) is 25.0 Å². The van der Waals surface area contributed by atoms with Gasteiger partial charge in [-0.2, -0.15) is 0 Å². The van der Waals surface area contributed by atoms with Crippen LogP contribution < -0.4 is 5.30 Å². The summed E-state index contributed by atoms with van der Waals surface area (Å²) < 4.78 is 2.35. The number of rotatable bonds is 5. The molecule has 2 aromatic carbocycles. The van der Waals surface area contributed by atoms with Crippen molar-refractivity contribution in [3.63, 3.8) is 0 Å². The molecule has 0 radical (unpaired) electrons. The summed E-state index contributed by atoms with van der Waals surface area (Å²) in [5, 5.41) is 1.19. The Balaban J connectivity index is 1.48. The Morgan fingerprint density at radius 1 is 1.09 bits per heavy atom. The zero-order chi connectivity index (χ0) is 15.0. The molecular formula is C17H16NOPS2. The van der Waals surface area contributed by atoms with Gasteiger partial charge in [-0.1, -0.05) is 54.2 Å². The monoisotopic (exact) mass is 345 g/mol. The lowest BCUT2D eigenvalue weighted by Crippen LogP contribution is -2.17. The third kappa shape index (κ3) is 2.81. The fourth-order valence-corrected chi connectivity index (χ4v) is 6.96. The second kappa shape index (κ2) is 5.93. The van der Waals surface area contributed by atoms with Crippen LogP contribution in [-0.4, -0.2) is 20.8 Å². The van der Waals surface area contributed by atoms with E-state index in [0.717, 1.165) is 33.8 Å². The molecule has 0 bridgehead atoms. The third-order valence-electron chi connectivity index (χ3n) is 4.02. The maximum absolute atomic E-state index is 10.8. The van der Waals surface area contributed by atoms with Crippen LogP contribution in [-0.2, 0) is 0 Å². The smallest absolute Gasteiger partial charge is 0.151 e. The van der Waals surface area contributed by atoms with E-state index in [9.17, 15) is 4.89 Å². The molecule has 1 atom stereocenters. The lowest BCUT2D eigenvalue weighted by molar-refractivity contribution is 0.618. The van der Waals surface area contributed by atoms with Gasteiger partial charge in [-0.15, -0.1) is 11.3 Å². The first-order chi connectivity index (χ1) is 10.8. The predicted octanol–water partition coefficient (Wildman–Crippen LogP) is 4.64. The average Bonchev–Trinajstić information content (AvgIpc) is 3.25. The number of thioether (sulfide) groups is 1. The van der Waals surface area contributed by atoms with Gasteiger partial charge in [0.05, 0.1) is 18.4 Å². The van der Waals surface area contributed by atoms with Crippen LogP contribution in [0.5, 0.6) is 0 Å². The van der Waals surface area contributed by atoms with Crippen molar-refractivity contribution in [2.24, 2.45) is 0 Å². The topological polar surface area (TPSA) is 33.1 Å². The van der Waals surface area contributed by atoms with Crippen LogP contribution in [0.1, 0.15) is 12.8 Å². The van der Waals surface area contributed by atoms with E-state index in [-0.39, 0.29) is 5.16 Å². The zero-order valence-corrected chi connectivity index (χ0v) is 14.5. The number of aromatic nitrogens is 1. The van der Waals surface area contributed by atoms with E-state index in [1.807, 2.05) is 36.4 Å². The summed E-state index contributed by atoms with van der Waals surface area (Å²) in [5.41, 5.74) is 1.08. The Morgan fingerprint density at radius 3 is 2.55 bits per heavy atom. The summed E-state index contributed by atoms with van der Waals surface area (Å²) in [5.74, 6) is 0.962. The minimum Gasteiger partial charge on any atom is -0.368 e. The van der Waals surface area contributed by atoms with Gasteiger partial charge in [0.15, 0.2) is 4.34 Å². The molecule has 0 spiro atoms. The number of thiazole rings is 1. The fourth-order valence-electron chi connectivity index (χ4n) is 2.51. The van der Waals surface area contributed by atoms with Gasteiger partial charge in [-0.3, -0.25) is 0 Å². The molecule has 2 nitrogen and oxygen atoms in total. The van der Waals surface area contributed by atoms with Gasteiger partial charge in [0, 0.05) is 16.2 Å². The highest BCUT2D eigenvalue weighted by molar-refractivity contribution is 8.01. The Hall–Kier alpha value is -0.930. The highest BCUT2D eigenvalue weighted by atomic mass is 32.2. The summed E-state index contributed by atoms with van der Waals surface area (Å²) in [7, 11) is -1.07. The molecule has 22 heavy (non-hydrogen) atoms. The van der Waals surface area contributed by atoms with Crippen LogP contribution in [0.25, 0.3) is 10.2 Å². The number of hydrogen-bond donors (Lipinski definition) is 1. The number of hydrogen-bond acceptors (Lipinski definition) is 4. The molecule has 1 fully saturated rings. The van der Waals surface area contributed by atoms with Gasteiger partial charge in [0.1, 0.15) is 0 Å². The quantitative estimate of drug-likeness (QED) is 0.540. The van der Waals surface area contributed by atoms with Crippen molar-refractivity contribution >= 4 is 46.8 Å². The molecule has 112 valence electrons. The Labute approximate surface area is 139 Å². The minimum atomic E-state index is -1.07. The van der Waals surface area contributed by atoms with E-state index in [1.54, 1.807) is 23.1 Å². The second-order valence-electron chi connectivity index (χ2n) is 5.61. The Kier molecular flexibility index (Phi) is 3.95. The number of benzene rings is 2. The molecule has 5 heteroatoms. The van der Waals surface area contributed by atoms with Crippen LogP contribution in [0.4, 0.5) is 0 Å². The van der Waals surface area contributed by atoms with Crippen molar-refractivity contribution < 1.29 is 4.89 Å². The summed E-state index contributed by atoms with van der Waals surface area (Å²) >= 11 is 3.55. The van der Waals surface area contributed by atoms with Crippen LogP contribution >= 0.6 is 31.2 Å². The van der Waals surface area contributed by atoms with Crippen LogP contribution in [0, 0.1) is 0 Å². The number of fused-ring (bicyclic) bond motifs is 1. The van der Waals surface area contributed by atoms with Gasteiger partial charge in [0.2, 0.25) is 0 Å². The molecular weight excluding hydrogens is 329 g/mol. The predicted molar refractivity (Wildman–Crippen MR) is 97.5 cm³/mol. The first-order valence-electron chi connectivity index (χ1n) is 7.29. The first kappa shape index (κ1) is 14.6. The summed E-state index contributed by atoms with van der Waals surface area (Å²) in [4.78, 5) is 15.4. The van der Waals surface area contributed by atoms with E-state index in [0.29, 0.717) is 0 Å². The van der Waals surface area contributed by atoms with E-state index in [4.69, 9.17) is 0 Å². The van der Waals surface area contributed by atoms with Crippen LogP contribution in [0.3, 0.4) is 0 Å². The van der Waals surface area contributed by atoms with Gasteiger partial charge >= 0.3 is 0 Å². The van der Waals surface area contributed by atoms with E-state index in [1.165, 1.54) is 4.70 Å². The molecule has 0 amide bonds. The minimum absolute atomic E-state index is 0.0964. The van der Waals surface area contributed by atoms with Crippen molar-refractivity contribution in [3.05, 3.63) is 54.6 Å². The van der Waals surface area contributed by atoms with Crippen LogP contribution in [0.2, 0.25) is 0 Å². The molecule has 1 aromatic heterocycles. The van der Waals surface area contributed by atoms with E-state index < -0.39 is 8.15 Å². The molecule has 1 unspecified atom stereocenters. The largest absolute Gasteiger partial charge is 0.368 e. The highest BCUT2D eigenvalue weighted by Gasteiger charge is 2.49. The maximum Gasteiger partial charge on any atom is 0.151 e. The summed E-state index contributed by atoms with van der Waals surface area (Å²) in [6.07, 6.45) is 2.25. The fraction of sp³-hybridized carbons (Fsp3) is 0.235. The molecule has 3 aromatic rings. The molecule has 0 saturated heterocycles. The third-order valence-corrected chi connectivity index (χ3v) is 8.99. The van der Waals surface area contributed by atoms with Gasteiger partial charge in [-0.25, -0.2) is 4.98 Å². The van der Waals surface area contributed by atoms with Gasteiger partial charge < -0.3 is 4.89 Å². The molecule has 0 aliphatic heterocycles. The van der Waals surface area contributed by atoms with E-state index in [2.05, 4.69) is 23.2 Å². The second-order valence-corrected chi connectivity index (χ2v) is 9.95. The highest BCUT2D eigenvalue weighted by Crippen LogP contribution is 2.62. The zero-order valence-electron chi connectivity index (χ0n) is 12.0. The maximum atomic E-state index is 10.8. The molecule has 1 aliphatic rings. The average molecular weight is 345 g/mol. The molecule has 1 aliphatic carbocycles. The van der Waals surface area contributed by atoms with Crippen molar-refractivity contribution in [2.45, 2.75) is 22.3 Å². The van der Waals surface area contributed by atoms with Crippen molar-refractivity contribution in [1.82, 2.24) is 4.98 Å². The van der Waals surface area contributed by atoms with Crippen molar-refractivity contribution in [3.8, 4) is 0 Å². The Bertz CT molecular complexity index is 752. The van der Waals surface area contributed by atoms with E-state index >= 15 is 0 Å². The lowest BCUT2D eigenvalue weighted by atomic mass is 10.3. The number of para-hydroxylation sites is 1. The molecule has 1 N–H and O–H groups in total. The normalized spacial score (nSPS) is 17.5. The first-order valence-corrected chi connectivity index (χ1v) is 10.4. The van der Waals surface area contributed by atoms with Crippen molar-refractivity contribution in [2.75, 3.05) is 5.75 Å². The summed E-state index contributed by atoms with van der Waals surface area (Å²) in [6, 6.07) is 18.4. The summed E-state index contributed by atoms with van der Waals surface area (Å²) in [6.45, 7) is 0. The molecule has 4 rings (SSSR count).